The zero-order valence-corrected chi connectivity index (χ0v) is 14.5. The van der Waals surface area contributed by atoms with Crippen LogP contribution < -0.4 is 10.1 Å². The molecule has 4 rings (SSSR count). The number of nitrogens with one attached hydrogen (secondary N) is 1. The van der Waals surface area contributed by atoms with E-state index in [0.29, 0.717) is 6.61 Å². The van der Waals surface area contributed by atoms with Crippen molar-refractivity contribution in [2.45, 2.75) is 11.3 Å². The average Bonchev–Trinajstić information content (AvgIpc) is 3.08. The quantitative estimate of drug-likeness (QED) is 0.750. The number of benzene rings is 3. The van der Waals surface area contributed by atoms with Gasteiger partial charge in [0.2, 0.25) is 0 Å². The van der Waals surface area contributed by atoms with E-state index >= 15 is 0 Å². The fourth-order valence-corrected chi connectivity index (χ4v) is 4.16. The van der Waals surface area contributed by atoms with E-state index in [4.69, 9.17) is 4.74 Å². The van der Waals surface area contributed by atoms with Crippen molar-refractivity contribution in [3.8, 4) is 5.75 Å². The highest BCUT2D eigenvalue weighted by Gasteiger charge is 2.48. The van der Waals surface area contributed by atoms with Gasteiger partial charge in [0.05, 0.1) is 5.41 Å². The van der Waals surface area contributed by atoms with E-state index in [1.807, 2.05) is 7.05 Å². The molecule has 2 nitrogen and oxygen atoms in total. The Morgan fingerprint density at radius 2 is 1.52 bits per heavy atom. The predicted octanol–water partition coefficient (Wildman–Crippen LogP) is 4.37. The monoisotopic (exact) mass is 329 g/mol. The molecule has 0 spiro atoms. The van der Waals surface area contributed by atoms with Gasteiger partial charge in [0, 0.05) is 18.0 Å². The molecule has 3 aromatic rings. The minimum absolute atomic E-state index is 0.192. The minimum atomic E-state index is -0.192. The standard InChI is InChI=1S/C23H23NO/c1-24-16-21(18-10-4-2-5-11-18)23(19-12-6-3-7-13-19)17-25-22-15-9-8-14-20(22)23/h2-15,21,24H,16-17H2,1H3. The maximum atomic E-state index is 6.19. The van der Waals surface area contributed by atoms with E-state index in [-0.39, 0.29) is 11.3 Å². The van der Waals surface area contributed by atoms with Gasteiger partial charge in [-0.2, -0.15) is 0 Å². The largest absolute Gasteiger partial charge is 0.492 e. The van der Waals surface area contributed by atoms with Crippen LogP contribution in [0.2, 0.25) is 0 Å². The second kappa shape index (κ2) is 6.73. The van der Waals surface area contributed by atoms with Gasteiger partial charge in [-0.25, -0.2) is 0 Å². The zero-order chi connectivity index (χ0) is 17.1. The van der Waals surface area contributed by atoms with Crippen molar-refractivity contribution in [3.63, 3.8) is 0 Å². The summed E-state index contributed by atoms with van der Waals surface area (Å²) in [6.07, 6.45) is 0. The molecule has 0 radical (unpaired) electrons. The van der Waals surface area contributed by atoms with E-state index in [0.717, 1.165) is 12.3 Å². The molecule has 2 atom stereocenters. The Kier molecular flexibility index (Phi) is 4.29. The van der Waals surface area contributed by atoms with Crippen molar-refractivity contribution in [3.05, 3.63) is 102 Å². The molecule has 0 saturated heterocycles. The summed E-state index contributed by atoms with van der Waals surface area (Å²) in [5.74, 6) is 1.29. The van der Waals surface area contributed by atoms with Crippen LogP contribution in [0.5, 0.6) is 5.75 Å². The molecule has 3 aromatic carbocycles. The van der Waals surface area contributed by atoms with Gasteiger partial charge < -0.3 is 10.1 Å². The highest BCUT2D eigenvalue weighted by Crippen LogP contribution is 2.51. The van der Waals surface area contributed by atoms with E-state index in [1.165, 1.54) is 16.7 Å². The normalized spacial score (nSPS) is 19.9. The third-order valence-corrected chi connectivity index (χ3v) is 5.32. The van der Waals surface area contributed by atoms with E-state index in [9.17, 15) is 0 Å². The molecule has 2 unspecified atom stereocenters. The predicted molar refractivity (Wildman–Crippen MR) is 102 cm³/mol. The van der Waals surface area contributed by atoms with Crippen LogP contribution >= 0.6 is 0 Å². The van der Waals surface area contributed by atoms with Crippen molar-refractivity contribution in [1.29, 1.82) is 0 Å². The smallest absolute Gasteiger partial charge is 0.123 e. The average molecular weight is 329 g/mol. The Morgan fingerprint density at radius 3 is 2.24 bits per heavy atom. The molecule has 1 aliphatic rings. The fraction of sp³-hybridized carbons (Fsp3) is 0.217. The molecule has 1 heterocycles. The number of hydrogen-bond donors (Lipinski definition) is 1. The molecule has 0 bridgehead atoms. The van der Waals surface area contributed by atoms with Crippen LogP contribution in [-0.2, 0) is 5.41 Å². The van der Waals surface area contributed by atoms with E-state index < -0.39 is 0 Å². The Balaban J connectivity index is 1.95. The molecular formula is C23H23NO. The second-order valence-electron chi connectivity index (χ2n) is 6.64. The van der Waals surface area contributed by atoms with E-state index in [2.05, 4.69) is 90.2 Å². The number of likely N-dealkylation sites (N-methyl/N-ethyl adjacent to an activating group) is 1. The number of fused-ring (bicyclic) bond motifs is 1. The van der Waals surface area contributed by atoms with Crippen molar-refractivity contribution < 1.29 is 4.74 Å². The summed E-state index contributed by atoms with van der Waals surface area (Å²) in [6.45, 7) is 1.55. The third-order valence-electron chi connectivity index (χ3n) is 5.32. The summed E-state index contributed by atoms with van der Waals surface area (Å²) >= 11 is 0. The number of ether oxygens (including phenoxy) is 1. The summed E-state index contributed by atoms with van der Waals surface area (Å²) in [4.78, 5) is 0. The topological polar surface area (TPSA) is 21.3 Å². The zero-order valence-electron chi connectivity index (χ0n) is 14.5. The van der Waals surface area contributed by atoms with Gasteiger partial charge >= 0.3 is 0 Å². The van der Waals surface area contributed by atoms with Crippen LogP contribution in [0.15, 0.2) is 84.9 Å². The summed E-state index contributed by atoms with van der Waals surface area (Å²) < 4.78 is 6.19. The van der Waals surface area contributed by atoms with Gasteiger partial charge in [0.15, 0.2) is 0 Å². The van der Waals surface area contributed by atoms with Crippen LogP contribution in [0.1, 0.15) is 22.6 Å². The highest BCUT2D eigenvalue weighted by molar-refractivity contribution is 5.54. The van der Waals surface area contributed by atoms with Gasteiger partial charge in [0.25, 0.3) is 0 Å². The molecule has 25 heavy (non-hydrogen) atoms. The van der Waals surface area contributed by atoms with Gasteiger partial charge in [-0.15, -0.1) is 0 Å². The van der Waals surface area contributed by atoms with Crippen LogP contribution in [-0.4, -0.2) is 20.2 Å². The first-order valence-electron chi connectivity index (χ1n) is 8.83. The van der Waals surface area contributed by atoms with Crippen molar-refractivity contribution >= 4 is 0 Å². The molecular weight excluding hydrogens is 306 g/mol. The molecule has 0 amide bonds. The Morgan fingerprint density at radius 1 is 0.880 bits per heavy atom. The van der Waals surface area contributed by atoms with Gasteiger partial charge in [0.1, 0.15) is 12.4 Å². The first-order chi connectivity index (χ1) is 12.4. The SMILES string of the molecule is CNCC(c1ccccc1)C1(c2ccccc2)COc2ccccc21. The molecule has 1 aliphatic heterocycles. The number of rotatable bonds is 5. The lowest BCUT2D eigenvalue weighted by atomic mass is 9.64. The van der Waals surface area contributed by atoms with Crippen LogP contribution in [0.4, 0.5) is 0 Å². The first-order valence-corrected chi connectivity index (χ1v) is 8.83. The van der Waals surface area contributed by atoms with Gasteiger partial charge in [-0.05, 0) is 24.2 Å². The Labute approximate surface area is 149 Å². The van der Waals surface area contributed by atoms with Gasteiger partial charge in [-0.3, -0.25) is 0 Å². The van der Waals surface area contributed by atoms with Crippen molar-refractivity contribution in [1.82, 2.24) is 5.32 Å². The molecule has 0 fully saturated rings. The lowest BCUT2D eigenvalue weighted by molar-refractivity contribution is 0.262. The maximum Gasteiger partial charge on any atom is 0.123 e. The van der Waals surface area contributed by atoms with Crippen molar-refractivity contribution in [2.75, 3.05) is 20.2 Å². The summed E-state index contributed by atoms with van der Waals surface area (Å²) in [5, 5.41) is 3.41. The summed E-state index contributed by atoms with van der Waals surface area (Å²) in [6, 6.07) is 30.1. The van der Waals surface area contributed by atoms with E-state index in [1.54, 1.807) is 0 Å². The van der Waals surface area contributed by atoms with Crippen molar-refractivity contribution in [2.24, 2.45) is 0 Å². The van der Waals surface area contributed by atoms with Crippen LogP contribution in [0, 0.1) is 0 Å². The Hall–Kier alpha value is -2.58. The lowest BCUT2D eigenvalue weighted by Gasteiger charge is -2.38. The second-order valence-corrected chi connectivity index (χ2v) is 6.64. The van der Waals surface area contributed by atoms with Crippen LogP contribution in [0.3, 0.4) is 0 Å². The maximum absolute atomic E-state index is 6.19. The molecule has 2 heteroatoms. The fourth-order valence-electron chi connectivity index (χ4n) is 4.16. The Bertz CT molecular complexity index is 831. The molecule has 0 saturated carbocycles. The number of hydrogen-bond acceptors (Lipinski definition) is 2. The molecule has 126 valence electrons. The molecule has 1 N–H and O–H groups in total. The highest BCUT2D eigenvalue weighted by atomic mass is 16.5. The molecule has 0 aliphatic carbocycles. The lowest BCUT2D eigenvalue weighted by Crippen LogP contribution is -2.41. The van der Waals surface area contributed by atoms with Gasteiger partial charge in [-0.1, -0.05) is 78.9 Å². The first kappa shape index (κ1) is 15.9. The molecule has 0 aromatic heterocycles. The summed E-state index contributed by atoms with van der Waals surface area (Å²) in [5.41, 5.74) is 3.73. The summed E-state index contributed by atoms with van der Waals surface area (Å²) in [7, 11) is 2.02. The minimum Gasteiger partial charge on any atom is -0.492 e. The van der Waals surface area contributed by atoms with Crippen LogP contribution in [0.25, 0.3) is 0 Å². The third kappa shape index (κ3) is 2.63. The number of para-hydroxylation sites is 1.